The maximum atomic E-state index is 13.8. The molecule has 0 spiro atoms. The number of anilines is 1. The molecule has 0 radical (unpaired) electrons. The molecule has 1 N–H and O–H groups in total. The number of para-hydroxylation sites is 2. The first-order chi connectivity index (χ1) is 16.9. The average Bonchev–Trinajstić information content (AvgIpc) is 2.77. The summed E-state index contributed by atoms with van der Waals surface area (Å²) in [6, 6.07) is 13.2. The van der Waals surface area contributed by atoms with Gasteiger partial charge in [-0.15, -0.1) is 0 Å². The smallest absolute Gasteiger partial charge is 0.269 e. The van der Waals surface area contributed by atoms with Gasteiger partial charge in [0, 0.05) is 53.4 Å². The molecule has 0 amide bonds. The summed E-state index contributed by atoms with van der Waals surface area (Å²) in [6.07, 6.45) is 1.87. The highest BCUT2D eigenvalue weighted by atomic mass is 16.6. The van der Waals surface area contributed by atoms with E-state index in [0.29, 0.717) is 48.1 Å². The van der Waals surface area contributed by atoms with E-state index in [2.05, 4.69) is 27.7 Å². The number of carbonyl (C=O) groups is 2. The van der Waals surface area contributed by atoms with Crippen LogP contribution in [-0.4, -0.2) is 21.6 Å². The van der Waals surface area contributed by atoms with Crippen molar-refractivity contribution >= 4 is 22.9 Å². The van der Waals surface area contributed by atoms with Gasteiger partial charge in [-0.25, -0.2) is 0 Å². The number of Topliss-reactive ketones (excluding diaryl/α,β-unsaturated/α-hetero) is 2. The van der Waals surface area contributed by atoms with Gasteiger partial charge in [0.1, 0.15) is 5.75 Å². The summed E-state index contributed by atoms with van der Waals surface area (Å²) in [7, 11) is 0. The Bertz CT molecular complexity index is 1310. The second-order valence-electron chi connectivity index (χ2n) is 11.7. The zero-order valence-electron chi connectivity index (χ0n) is 21.0. The van der Waals surface area contributed by atoms with Crippen molar-refractivity contribution in [3.8, 4) is 5.75 Å². The monoisotopic (exact) mass is 486 g/mol. The third kappa shape index (κ3) is 3.92. The summed E-state index contributed by atoms with van der Waals surface area (Å²) in [6.45, 7) is 8.22. The number of hydrogen-bond donors (Lipinski definition) is 1. The Morgan fingerprint density at radius 1 is 0.833 bits per heavy atom. The zero-order valence-corrected chi connectivity index (χ0v) is 21.0. The summed E-state index contributed by atoms with van der Waals surface area (Å²) in [5, 5.41) is 22.2. The van der Waals surface area contributed by atoms with Crippen molar-refractivity contribution in [3.63, 3.8) is 0 Å². The molecule has 7 nitrogen and oxygen atoms in total. The van der Waals surface area contributed by atoms with Crippen LogP contribution in [-0.2, 0) is 9.59 Å². The lowest BCUT2D eigenvalue weighted by Gasteiger charge is -2.49. The fraction of sp³-hybridized carbons (Fsp3) is 0.379. The number of nitrogens with zero attached hydrogens (tertiary/aromatic N) is 2. The van der Waals surface area contributed by atoms with Crippen LogP contribution < -0.4 is 4.90 Å². The van der Waals surface area contributed by atoms with E-state index in [4.69, 9.17) is 0 Å². The summed E-state index contributed by atoms with van der Waals surface area (Å²) in [5.41, 5.74) is 3.30. The number of hydrogen-bond acceptors (Lipinski definition) is 6. The predicted octanol–water partition coefficient (Wildman–Crippen LogP) is 6.19. The molecular formula is C29H30N2O5. The van der Waals surface area contributed by atoms with E-state index in [0.717, 1.165) is 11.4 Å². The zero-order chi connectivity index (χ0) is 26.0. The first kappa shape index (κ1) is 24.0. The molecule has 2 aliphatic carbocycles. The summed E-state index contributed by atoms with van der Waals surface area (Å²) >= 11 is 0. The minimum absolute atomic E-state index is 0.0331. The second kappa shape index (κ2) is 8.15. The first-order valence-corrected chi connectivity index (χ1v) is 12.2. The number of allylic oxidation sites excluding steroid dienone is 4. The minimum Gasteiger partial charge on any atom is -0.506 e. The van der Waals surface area contributed by atoms with Gasteiger partial charge in [-0.3, -0.25) is 19.7 Å². The quantitative estimate of drug-likeness (QED) is 0.410. The molecule has 7 heteroatoms. The molecule has 2 aromatic carbocycles. The predicted molar refractivity (Wildman–Crippen MR) is 137 cm³/mol. The third-order valence-electron chi connectivity index (χ3n) is 7.47. The standard InChI is InChI=1S/C29H30N2O5/c1-28(2)13-20-26(23(33)15-28)25(17-9-11-18(12-10-17)31(35)36)27-21(14-29(3,4)16-24(27)34)30(20)19-7-5-6-8-22(19)32/h5-12,25,32H,13-16H2,1-4H3. The van der Waals surface area contributed by atoms with Crippen LogP contribution in [0.3, 0.4) is 0 Å². The normalized spacial score (nSPS) is 21.4. The Kier molecular flexibility index (Phi) is 5.43. The Morgan fingerprint density at radius 3 is 1.81 bits per heavy atom. The molecule has 1 aliphatic heterocycles. The number of ketones is 2. The lowest BCUT2D eigenvalue weighted by atomic mass is 9.63. The lowest BCUT2D eigenvalue weighted by molar-refractivity contribution is -0.384. The van der Waals surface area contributed by atoms with Crippen molar-refractivity contribution in [3.05, 3.63) is 86.7 Å². The molecule has 0 bridgehead atoms. The van der Waals surface area contributed by atoms with Gasteiger partial charge in [0.05, 0.1) is 10.6 Å². The fourth-order valence-corrected chi connectivity index (χ4v) is 6.03. The van der Waals surface area contributed by atoms with E-state index in [-0.39, 0.29) is 33.8 Å². The van der Waals surface area contributed by atoms with Crippen LogP contribution in [0, 0.1) is 20.9 Å². The van der Waals surface area contributed by atoms with E-state index in [1.165, 1.54) is 12.1 Å². The van der Waals surface area contributed by atoms with Crippen molar-refractivity contribution in [2.75, 3.05) is 4.90 Å². The van der Waals surface area contributed by atoms with Gasteiger partial charge >= 0.3 is 0 Å². The van der Waals surface area contributed by atoms with Gasteiger partial charge in [0.15, 0.2) is 11.6 Å². The molecule has 0 unspecified atom stereocenters. The molecule has 0 aromatic heterocycles. The Labute approximate surface area is 210 Å². The molecule has 2 aromatic rings. The summed E-state index contributed by atoms with van der Waals surface area (Å²) in [5.74, 6) is -0.579. The number of nitro groups is 1. The molecule has 0 fully saturated rings. The molecule has 0 saturated carbocycles. The van der Waals surface area contributed by atoms with Crippen LogP contribution in [0.2, 0.25) is 0 Å². The maximum absolute atomic E-state index is 13.8. The number of phenols is 1. The number of non-ortho nitro benzene ring substituents is 1. The van der Waals surface area contributed by atoms with Crippen LogP contribution in [0.1, 0.15) is 64.9 Å². The van der Waals surface area contributed by atoms with Gasteiger partial charge in [-0.1, -0.05) is 52.0 Å². The van der Waals surface area contributed by atoms with E-state index in [1.807, 2.05) is 17.0 Å². The van der Waals surface area contributed by atoms with Gasteiger partial charge in [-0.05, 0) is 41.4 Å². The van der Waals surface area contributed by atoms with Gasteiger partial charge < -0.3 is 10.0 Å². The number of rotatable bonds is 3. The van der Waals surface area contributed by atoms with Crippen molar-refractivity contribution in [1.29, 1.82) is 0 Å². The number of phenolic OH excluding ortho intramolecular Hbond substituents is 1. The number of nitro benzene ring substituents is 1. The molecular weight excluding hydrogens is 456 g/mol. The minimum atomic E-state index is -0.592. The SMILES string of the molecule is CC1(C)CC(=O)C2=C(C1)N(c1ccccc1O)C1=C(C(=O)CC(C)(C)C1)C2c1ccc([N+](=O)[O-])cc1. The van der Waals surface area contributed by atoms with Gasteiger partial charge in [0.2, 0.25) is 0 Å². The number of carbonyl (C=O) groups excluding carboxylic acids is 2. The van der Waals surface area contributed by atoms with Crippen molar-refractivity contribution < 1.29 is 19.6 Å². The van der Waals surface area contributed by atoms with Gasteiger partial charge in [-0.2, -0.15) is 0 Å². The van der Waals surface area contributed by atoms with Crippen LogP contribution in [0.5, 0.6) is 5.75 Å². The van der Waals surface area contributed by atoms with E-state index in [9.17, 15) is 24.8 Å². The lowest BCUT2D eigenvalue weighted by Crippen LogP contribution is -2.44. The largest absolute Gasteiger partial charge is 0.506 e. The molecule has 0 atom stereocenters. The molecule has 3 aliphatic rings. The molecule has 186 valence electrons. The van der Waals surface area contributed by atoms with E-state index in [1.54, 1.807) is 24.3 Å². The van der Waals surface area contributed by atoms with E-state index >= 15 is 0 Å². The first-order valence-electron chi connectivity index (χ1n) is 12.2. The Hall–Kier alpha value is -3.74. The fourth-order valence-electron chi connectivity index (χ4n) is 6.03. The molecule has 0 saturated heterocycles. The Balaban J connectivity index is 1.82. The number of benzene rings is 2. The van der Waals surface area contributed by atoms with Crippen molar-refractivity contribution in [2.24, 2.45) is 10.8 Å². The van der Waals surface area contributed by atoms with Crippen LogP contribution in [0.25, 0.3) is 0 Å². The summed E-state index contributed by atoms with van der Waals surface area (Å²) < 4.78 is 0. The van der Waals surface area contributed by atoms with Crippen LogP contribution >= 0.6 is 0 Å². The number of aromatic hydroxyl groups is 1. The summed E-state index contributed by atoms with van der Waals surface area (Å²) in [4.78, 5) is 40.3. The molecule has 1 heterocycles. The average molecular weight is 487 g/mol. The molecule has 5 rings (SSSR count). The van der Waals surface area contributed by atoms with Crippen molar-refractivity contribution in [2.45, 2.75) is 59.3 Å². The van der Waals surface area contributed by atoms with Crippen LogP contribution in [0.15, 0.2) is 71.1 Å². The maximum Gasteiger partial charge on any atom is 0.269 e. The second-order valence-corrected chi connectivity index (χ2v) is 11.7. The topological polar surface area (TPSA) is 101 Å². The van der Waals surface area contributed by atoms with Gasteiger partial charge in [0.25, 0.3) is 5.69 Å². The van der Waals surface area contributed by atoms with E-state index < -0.39 is 10.8 Å². The third-order valence-corrected chi connectivity index (χ3v) is 7.47. The highest BCUT2D eigenvalue weighted by molar-refractivity contribution is 6.08. The van der Waals surface area contributed by atoms with Crippen molar-refractivity contribution in [1.82, 2.24) is 0 Å². The van der Waals surface area contributed by atoms with Crippen LogP contribution in [0.4, 0.5) is 11.4 Å². The molecule has 36 heavy (non-hydrogen) atoms. The highest BCUT2D eigenvalue weighted by Crippen LogP contribution is 2.56. The Morgan fingerprint density at radius 2 is 1.33 bits per heavy atom. The highest BCUT2D eigenvalue weighted by Gasteiger charge is 2.49.